The van der Waals surface area contributed by atoms with Gasteiger partial charge in [-0.15, -0.1) is 0 Å². The lowest BCUT2D eigenvalue weighted by atomic mass is 9.98. The molecule has 0 fully saturated rings. The Morgan fingerprint density at radius 2 is 1.53 bits per heavy atom. The molecule has 1 aliphatic carbocycles. The minimum absolute atomic E-state index is 0.105. The summed E-state index contributed by atoms with van der Waals surface area (Å²) in [5.74, 6) is -0.105. The van der Waals surface area contributed by atoms with Crippen LogP contribution in [0, 0.1) is 0 Å². The molecule has 3 aromatic rings. The molecule has 3 aromatic carbocycles. The molecule has 6 heteroatoms. The summed E-state index contributed by atoms with van der Waals surface area (Å²) in [5.41, 5.74) is 4.04. The van der Waals surface area contributed by atoms with E-state index in [9.17, 15) is 19.8 Å². The maximum absolute atomic E-state index is 12.6. The van der Waals surface area contributed by atoms with E-state index in [4.69, 9.17) is 4.74 Å². The van der Waals surface area contributed by atoms with E-state index in [0.717, 1.165) is 16.7 Å². The van der Waals surface area contributed by atoms with Crippen LogP contribution in [0.1, 0.15) is 33.2 Å². The first-order valence-electron chi connectivity index (χ1n) is 9.63. The van der Waals surface area contributed by atoms with Crippen molar-refractivity contribution in [2.24, 2.45) is 0 Å². The van der Waals surface area contributed by atoms with Gasteiger partial charge in [-0.25, -0.2) is 4.79 Å². The molecule has 0 spiro atoms. The minimum atomic E-state index is -1.26. The van der Waals surface area contributed by atoms with Crippen molar-refractivity contribution in [3.63, 3.8) is 0 Å². The first kappa shape index (κ1) is 19.8. The van der Waals surface area contributed by atoms with Crippen LogP contribution < -0.4 is 5.32 Å². The molecule has 2 atom stereocenters. The predicted molar refractivity (Wildman–Crippen MR) is 111 cm³/mol. The SMILES string of the molecule is O=C(NCC(O)C(O)c1ccc2c(c1)C(=O)c1ccccc1-2)OCc1ccccc1. The van der Waals surface area contributed by atoms with Gasteiger partial charge in [-0.3, -0.25) is 4.79 Å². The van der Waals surface area contributed by atoms with Crippen molar-refractivity contribution in [1.29, 1.82) is 0 Å². The molecule has 4 rings (SSSR count). The van der Waals surface area contributed by atoms with Crippen LogP contribution in [-0.4, -0.2) is 34.7 Å². The molecule has 30 heavy (non-hydrogen) atoms. The van der Waals surface area contributed by atoms with Crippen LogP contribution in [0.5, 0.6) is 0 Å². The van der Waals surface area contributed by atoms with Gasteiger partial charge in [0.15, 0.2) is 5.78 Å². The van der Waals surface area contributed by atoms with Crippen molar-refractivity contribution in [2.45, 2.75) is 18.8 Å². The molecule has 1 aliphatic rings. The van der Waals surface area contributed by atoms with Crippen molar-refractivity contribution < 1.29 is 24.5 Å². The summed E-state index contributed by atoms with van der Waals surface area (Å²) in [6.45, 7) is -0.0845. The van der Waals surface area contributed by atoms with E-state index in [2.05, 4.69) is 5.32 Å². The summed E-state index contributed by atoms with van der Waals surface area (Å²) in [6.07, 6.45) is -3.21. The van der Waals surface area contributed by atoms with Crippen LogP contribution in [0.3, 0.4) is 0 Å². The highest BCUT2D eigenvalue weighted by Gasteiger charge is 2.28. The van der Waals surface area contributed by atoms with Gasteiger partial charge < -0.3 is 20.3 Å². The number of hydrogen-bond acceptors (Lipinski definition) is 5. The lowest BCUT2D eigenvalue weighted by molar-refractivity contribution is 0.0184. The fraction of sp³-hybridized carbons (Fsp3) is 0.167. The van der Waals surface area contributed by atoms with Crippen LogP contribution in [0.4, 0.5) is 4.79 Å². The smallest absolute Gasteiger partial charge is 0.407 e. The number of nitrogens with one attached hydrogen (secondary N) is 1. The average Bonchev–Trinajstić information content (AvgIpc) is 3.08. The first-order chi connectivity index (χ1) is 14.5. The second kappa shape index (κ2) is 8.49. The lowest BCUT2D eigenvalue weighted by Crippen LogP contribution is -2.35. The molecular formula is C24H21NO5. The zero-order valence-electron chi connectivity index (χ0n) is 16.1. The number of ether oxygens (including phenoxy) is 1. The number of benzene rings is 3. The molecule has 2 unspecified atom stereocenters. The minimum Gasteiger partial charge on any atom is -0.445 e. The third kappa shape index (κ3) is 3.96. The zero-order chi connectivity index (χ0) is 21.1. The van der Waals surface area contributed by atoms with Gasteiger partial charge in [0.1, 0.15) is 18.8 Å². The van der Waals surface area contributed by atoms with Crippen molar-refractivity contribution in [2.75, 3.05) is 6.54 Å². The molecule has 0 aromatic heterocycles. The van der Waals surface area contributed by atoms with Gasteiger partial charge >= 0.3 is 6.09 Å². The first-order valence-corrected chi connectivity index (χ1v) is 9.63. The molecule has 0 bridgehead atoms. The largest absolute Gasteiger partial charge is 0.445 e. The molecule has 0 heterocycles. The van der Waals surface area contributed by atoms with Crippen molar-refractivity contribution >= 4 is 11.9 Å². The Hall–Kier alpha value is -3.48. The summed E-state index contributed by atoms with van der Waals surface area (Å²) in [5, 5.41) is 23.2. The third-order valence-corrected chi connectivity index (χ3v) is 5.12. The fourth-order valence-electron chi connectivity index (χ4n) is 3.53. The predicted octanol–water partition coefficient (Wildman–Crippen LogP) is 3.22. The molecule has 0 radical (unpaired) electrons. The Bertz CT molecular complexity index is 1080. The Morgan fingerprint density at radius 1 is 0.867 bits per heavy atom. The summed E-state index contributed by atoms with van der Waals surface area (Å²) in [6, 6.07) is 21.6. The second-order valence-electron chi connectivity index (χ2n) is 7.13. The molecule has 3 N–H and O–H groups in total. The molecule has 152 valence electrons. The van der Waals surface area contributed by atoms with Crippen LogP contribution in [0.2, 0.25) is 0 Å². The average molecular weight is 403 g/mol. The van der Waals surface area contributed by atoms with Gasteiger partial charge in [-0.1, -0.05) is 66.7 Å². The van der Waals surface area contributed by atoms with E-state index in [1.165, 1.54) is 0 Å². The standard InChI is InChI=1S/C24H21NO5/c26-21(13-25-24(29)30-14-15-6-2-1-3-7-15)22(27)16-10-11-18-17-8-4-5-9-19(17)23(28)20(18)12-16/h1-12,21-22,26-27H,13-14H2,(H,25,29). The van der Waals surface area contributed by atoms with Crippen LogP contribution in [0.25, 0.3) is 11.1 Å². The summed E-state index contributed by atoms with van der Waals surface area (Å²) >= 11 is 0. The number of hydrogen-bond donors (Lipinski definition) is 3. The highest BCUT2D eigenvalue weighted by Crippen LogP contribution is 2.37. The van der Waals surface area contributed by atoms with E-state index in [0.29, 0.717) is 16.7 Å². The summed E-state index contributed by atoms with van der Waals surface area (Å²) in [4.78, 5) is 24.5. The quantitative estimate of drug-likeness (QED) is 0.459. The highest BCUT2D eigenvalue weighted by molar-refractivity contribution is 6.21. The molecule has 0 aliphatic heterocycles. The highest BCUT2D eigenvalue weighted by atomic mass is 16.5. The van der Waals surface area contributed by atoms with Gasteiger partial charge in [0, 0.05) is 17.7 Å². The van der Waals surface area contributed by atoms with Crippen molar-refractivity contribution in [3.05, 3.63) is 95.1 Å². The van der Waals surface area contributed by atoms with Crippen LogP contribution in [0.15, 0.2) is 72.8 Å². The normalized spacial score (nSPS) is 13.9. The molecule has 6 nitrogen and oxygen atoms in total. The Morgan fingerprint density at radius 3 is 2.30 bits per heavy atom. The van der Waals surface area contributed by atoms with E-state index in [1.807, 2.05) is 48.5 Å². The van der Waals surface area contributed by atoms with E-state index >= 15 is 0 Å². The lowest BCUT2D eigenvalue weighted by Gasteiger charge is -2.19. The summed E-state index contributed by atoms with van der Waals surface area (Å²) in [7, 11) is 0. The van der Waals surface area contributed by atoms with Gasteiger partial charge in [0.25, 0.3) is 0 Å². The Balaban J connectivity index is 1.36. The van der Waals surface area contributed by atoms with E-state index in [-0.39, 0.29) is 18.9 Å². The van der Waals surface area contributed by atoms with Gasteiger partial charge in [-0.05, 0) is 28.3 Å². The molecule has 0 saturated carbocycles. The number of amides is 1. The van der Waals surface area contributed by atoms with Crippen molar-refractivity contribution in [3.8, 4) is 11.1 Å². The van der Waals surface area contributed by atoms with Gasteiger partial charge in [0.05, 0.1) is 0 Å². The molecule has 1 amide bonds. The number of ketones is 1. The topological polar surface area (TPSA) is 95.9 Å². The van der Waals surface area contributed by atoms with Crippen LogP contribution in [-0.2, 0) is 11.3 Å². The number of alkyl carbamates (subject to hydrolysis) is 1. The van der Waals surface area contributed by atoms with Gasteiger partial charge in [-0.2, -0.15) is 0 Å². The summed E-state index contributed by atoms with van der Waals surface area (Å²) < 4.78 is 5.09. The Kier molecular flexibility index (Phi) is 5.61. The Labute approximate surface area is 173 Å². The van der Waals surface area contributed by atoms with E-state index < -0.39 is 18.3 Å². The monoisotopic (exact) mass is 403 g/mol. The van der Waals surface area contributed by atoms with Crippen molar-refractivity contribution in [1.82, 2.24) is 5.32 Å². The fourth-order valence-corrected chi connectivity index (χ4v) is 3.53. The number of carbonyl (C=O) groups excluding carboxylic acids is 2. The maximum Gasteiger partial charge on any atom is 0.407 e. The van der Waals surface area contributed by atoms with E-state index in [1.54, 1.807) is 24.3 Å². The number of carbonyl (C=O) groups is 2. The van der Waals surface area contributed by atoms with Gasteiger partial charge in [0.2, 0.25) is 0 Å². The second-order valence-corrected chi connectivity index (χ2v) is 7.13. The number of fused-ring (bicyclic) bond motifs is 3. The molecular weight excluding hydrogens is 382 g/mol. The van der Waals surface area contributed by atoms with Crippen LogP contribution >= 0.6 is 0 Å². The number of aliphatic hydroxyl groups is 2. The third-order valence-electron chi connectivity index (χ3n) is 5.12. The maximum atomic E-state index is 12.6. The molecule has 0 saturated heterocycles. The zero-order valence-corrected chi connectivity index (χ0v) is 16.1. The number of rotatable bonds is 6. The number of aliphatic hydroxyl groups excluding tert-OH is 2.